The van der Waals surface area contributed by atoms with E-state index in [1.165, 1.54) is 25.7 Å². The van der Waals surface area contributed by atoms with Crippen molar-refractivity contribution in [2.24, 2.45) is 0 Å². The Morgan fingerprint density at radius 2 is 1.65 bits per heavy atom. The molecule has 0 heterocycles. The molecule has 0 saturated heterocycles. The standard InChI is InChI=1S/C15H32OSi/c1-7-8-9-10-11-12-13-14-16-17(5,6)15(2,3)4/h8-9H,7,10-14H2,1-6H3. The monoisotopic (exact) mass is 256 g/mol. The van der Waals surface area contributed by atoms with Crippen molar-refractivity contribution in [2.45, 2.75) is 77.9 Å². The predicted molar refractivity (Wildman–Crippen MR) is 81.0 cm³/mol. The lowest BCUT2D eigenvalue weighted by molar-refractivity contribution is 0.278. The fourth-order valence-electron chi connectivity index (χ4n) is 1.37. The third-order valence-electron chi connectivity index (χ3n) is 3.69. The molecule has 0 unspecified atom stereocenters. The fourth-order valence-corrected chi connectivity index (χ4v) is 2.46. The molecule has 0 N–H and O–H groups in total. The first-order valence-corrected chi connectivity index (χ1v) is 10.0. The number of hydrogen-bond acceptors (Lipinski definition) is 1. The Bertz CT molecular complexity index is 213. The molecule has 17 heavy (non-hydrogen) atoms. The Morgan fingerprint density at radius 1 is 1.00 bits per heavy atom. The van der Waals surface area contributed by atoms with Crippen LogP contribution in [0.15, 0.2) is 12.2 Å². The lowest BCUT2D eigenvalue weighted by atomic mass is 10.2. The van der Waals surface area contributed by atoms with Gasteiger partial charge in [-0.05, 0) is 43.8 Å². The summed E-state index contributed by atoms with van der Waals surface area (Å²) in [5.74, 6) is 0. The van der Waals surface area contributed by atoms with Crippen molar-refractivity contribution < 1.29 is 4.43 Å². The van der Waals surface area contributed by atoms with E-state index in [9.17, 15) is 0 Å². The van der Waals surface area contributed by atoms with Gasteiger partial charge in [0.15, 0.2) is 8.32 Å². The molecule has 0 rings (SSSR count). The molecular formula is C15H32OSi. The average Bonchev–Trinajstić information content (AvgIpc) is 2.20. The molecule has 0 aliphatic heterocycles. The Balaban J connectivity index is 3.55. The first kappa shape index (κ1) is 16.9. The minimum Gasteiger partial charge on any atom is -0.417 e. The summed E-state index contributed by atoms with van der Waals surface area (Å²) in [6, 6.07) is 0. The fraction of sp³-hybridized carbons (Fsp3) is 0.867. The second-order valence-electron chi connectivity index (χ2n) is 6.34. The highest BCUT2D eigenvalue weighted by atomic mass is 28.4. The van der Waals surface area contributed by atoms with Crippen LogP contribution in [-0.2, 0) is 4.43 Å². The van der Waals surface area contributed by atoms with Crippen molar-refractivity contribution in [3.63, 3.8) is 0 Å². The molecule has 0 aromatic carbocycles. The number of unbranched alkanes of at least 4 members (excludes halogenated alkanes) is 3. The van der Waals surface area contributed by atoms with E-state index in [1.807, 2.05) is 0 Å². The van der Waals surface area contributed by atoms with Crippen LogP contribution < -0.4 is 0 Å². The summed E-state index contributed by atoms with van der Waals surface area (Å²) in [7, 11) is -1.50. The highest BCUT2D eigenvalue weighted by Crippen LogP contribution is 2.36. The Labute approximate surface area is 110 Å². The zero-order chi connectivity index (χ0) is 13.4. The highest BCUT2D eigenvalue weighted by Gasteiger charge is 2.36. The molecule has 0 aliphatic rings. The molecule has 1 nitrogen and oxygen atoms in total. The van der Waals surface area contributed by atoms with Crippen molar-refractivity contribution >= 4 is 8.32 Å². The van der Waals surface area contributed by atoms with Gasteiger partial charge < -0.3 is 4.43 Å². The quantitative estimate of drug-likeness (QED) is 0.315. The Hall–Kier alpha value is -0.0831. The second-order valence-corrected chi connectivity index (χ2v) is 11.1. The van der Waals surface area contributed by atoms with Gasteiger partial charge in [0.25, 0.3) is 0 Å². The maximum absolute atomic E-state index is 6.14. The molecule has 0 spiro atoms. The number of hydrogen-bond donors (Lipinski definition) is 0. The van der Waals surface area contributed by atoms with Crippen LogP contribution in [0, 0.1) is 0 Å². The van der Waals surface area contributed by atoms with Gasteiger partial charge in [-0.3, -0.25) is 0 Å². The van der Waals surface area contributed by atoms with Gasteiger partial charge in [-0.1, -0.05) is 46.3 Å². The van der Waals surface area contributed by atoms with Gasteiger partial charge >= 0.3 is 0 Å². The van der Waals surface area contributed by atoms with Crippen LogP contribution >= 0.6 is 0 Å². The van der Waals surface area contributed by atoms with E-state index in [1.54, 1.807) is 0 Å². The van der Waals surface area contributed by atoms with Crippen molar-refractivity contribution in [3.05, 3.63) is 12.2 Å². The molecule has 0 aromatic rings. The summed E-state index contributed by atoms with van der Waals surface area (Å²) >= 11 is 0. The van der Waals surface area contributed by atoms with Crippen LogP contribution in [0.3, 0.4) is 0 Å². The zero-order valence-electron chi connectivity index (χ0n) is 12.8. The van der Waals surface area contributed by atoms with Crippen molar-refractivity contribution in [1.29, 1.82) is 0 Å². The Morgan fingerprint density at radius 3 is 2.18 bits per heavy atom. The average molecular weight is 257 g/mol. The summed E-state index contributed by atoms with van der Waals surface area (Å²) in [6.45, 7) is 14.7. The summed E-state index contributed by atoms with van der Waals surface area (Å²) in [5.41, 5.74) is 0. The van der Waals surface area contributed by atoms with Gasteiger partial charge in [0.2, 0.25) is 0 Å². The summed E-state index contributed by atoms with van der Waals surface area (Å²) < 4.78 is 6.14. The molecule has 0 amide bonds. The third-order valence-corrected chi connectivity index (χ3v) is 8.22. The lowest BCUT2D eigenvalue weighted by Gasteiger charge is -2.36. The van der Waals surface area contributed by atoms with Crippen molar-refractivity contribution in [3.8, 4) is 0 Å². The summed E-state index contributed by atoms with van der Waals surface area (Å²) in [5, 5.41) is 0.344. The number of allylic oxidation sites excluding steroid dienone is 2. The maximum Gasteiger partial charge on any atom is 0.191 e. The summed E-state index contributed by atoms with van der Waals surface area (Å²) in [6.07, 6.45) is 10.8. The van der Waals surface area contributed by atoms with Crippen LogP contribution in [0.5, 0.6) is 0 Å². The van der Waals surface area contributed by atoms with Gasteiger partial charge in [0.1, 0.15) is 0 Å². The minimum atomic E-state index is -1.50. The van der Waals surface area contributed by atoms with E-state index in [-0.39, 0.29) is 0 Å². The van der Waals surface area contributed by atoms with Crippen LogP contribution in [0.2, 0.25) is 18.1 Å². The molecule has 102 valence electrons. The van der Waals surface area contributed by atoms with E-state index >= 15 is 0 Å². The first-order chi connectivity index (χ1) is 7.81. The SMILES string of the molecule is CCC=CCCCCCO[Si](C)(C)C(C)(C)C. The minimum absolute atomic E-state index is 0.344. The van der Waals surface area contributed by atoms with E-state index in [2.05, 4.69) is 52.9 Å². The molecule has 0 atom stereocenters. The van der Waals surface area contributed by atoms with E-state index < -0.39 is 8.32 Å². The van der Waals surface area contributed by atoms with Crippen molar-refractivity contribution in [1.82, 2.24) is 0 Å². The predicted octanol–water partition coefficient (Wildman–Crippen LogP) is 5.53. The van der Waals surface area contributed by atoms with Crippen LogP contribution in [-0.4, -0.2) is 14.9 Å². The molecule has 0 radical (unpaired) electrons. The van der Waals surface area contributed by atoms with E-state index in [4.69, 9.17) is 4.43 Å². The van der Waals surface area contributed by atoms with Crippen LogP contribution in [0.4, 0.5) is 0 Å². The molecule has 2 heteroatoms. The first-order valence-electron chi connectivity index (χ1n) is 7.10. The van der Waals surface area contributed by atoms with E-state index in [0.717, 1.165) is 13.0 Å². The van der Waals surface area contributed by atoms with Gasteiger partial charge in [0.05, 0.1) is 0 Å². The second kappa shape index (κ2) is 8.10. The van der Waals surface area contributed by atoms with Crippen LogP contribution in [0.25, 0.3) is 0 Å². The van der Waals surface area contributed by atoms with Gasteiger partial charge in [-0.2, -0.15) is 0 Å². The van der Waals surface area contributed by atoms with Gasteiger partial charge in [-0.15, -0.1) is 0 Å². The maximum atomic E-state index is 6.14. The molecule has 0 aliphatic carbocycles. The smallest absolute Gasteiger partial charge is 0.191 e. The normalized spacial score (nSPS) is 13.5. The largest absolute Gasteiger partial charge is 0.417 e. The molecule has 0 fully saturated rings. The third kappa shape index (κ3) is 7.77. The van der Waals surface area contributed by atoms with E-state index in [0.29, 0.717) is 5.04 Å². The zero-order valence-corrected chi connectivity index (χ0v) is 13.8. The molecule has 0 saturated carbocycles. The van der Waals surface area contributed by atoms with Crippen LogP contribution in [0.1, 0.15) is 59.8 Å². The molecular weight excluding hydrogens is 224 g/mol. The summed E-state index contributed by atoms with van der Waals surface area (Å²) in [4.78, 5) is 0. The topological polar surface area (TPSA) is 9.23 Å². The van der Waals surface area contributed by atoms with Gasteiger partial charge in [-0.25, -0.2) is 0 Å². The molecule has 0 aromatic heterocycles. The highest BCUT2D eigenvalue weighted by molar-refractivity contribution is 6.74. The Kier molecular flexibility index (Phi) is 8.06. The van der Waals surface area contributed by atoms with Gasteiger partial charge in [0, 0.05) is 6.61 Å². The van der Waals surface area contributed by atoms with Crippen molar-refractivity contribution in [2.75, 3.05) is 6.61 Å². The number of rotatable bonds is 8. The molecule has 0 bridgehead atoms. The lowest BCUT2D eigenvalue weighted by Crippen LogP contribution is -2.40.